The van der Waals surface area contributed by atoms with Crippen LogP contribution in [0.4, 0.5) is 0 Å². The van der Waals surface area contributed by atoms with Crippen LogP contribution >= 0.6 is 0 Å². The molecule has 0 unspecified atom stereocenters. The fraction of sp³-hybridized carbons (Fsp3) is 1.00. The molecule has 22 heavy (non-hydrogen) atoms. The highest BCUT2D eigenvalue weighted by Crippen LogP contribution is 2.43. The van der Waals surface area contributed by atoms with Crippen LogP contribution in [0.5, 0.6) is 0 Å². The van der Waals surface area contributed by atoms with E-state index >= 15 is 0 Å². The molecule has 0 aromatic rings. The van der Waals surface area contributed by atoms with Crippen molar-refractivity contribution in [3.8, 4) is 0 Å². The van der Waals surface area contributed by atoms with Crippen molar-refractivity contribution in [3.05, 3.63) is 0 Å². The lowest BCUT2D eigenvalue weighted by atomic mass is 10.3. The van der Waals surface area contributed by atoms with Crippen molar-refractivity contribution in [1.82, 2.24) is 4.57 Å². The third-order valence-electron chi connectivity index (χ3n) is 5.35. The van der Waals surface area contributed by atoms with Crippen LogP contribution in [-0.4, -0.2) is 49.4 Å². The average molecular weight is 348 g/mol. The number of nitrogens with zero attached hydrogens (tertiary/aromatic N) is 1. The quantitative estimate of drug-likeness (QED) is 0.375. The van der Waals surface area contributed by atoms with Gasteiger partial charge in [-0.1, -0.05) is 54.9 Å². The Morgan fingerprint density at radius 2 is 1.32 bits per heavy atom. The van der Waals surface area contributed by atoms with Crippen molar-refractivity contribution in [3.63, 3.8) is 0 Å². The van der Waals surface area contributed by atoms with Crippen molar-refractivity contribution in [1.29, 1.82) is 0 Å². The van der Waals surface area contributed by atoms with E-state index in [1.807, 2.05) is 0 Å². The minimum Gasteiger partial charge on any atom is -0.400 e. The zero-order valence-corrected chi connectivity index (χ0v) is 18.8. The molecule has 0 aliphatic carbocycles. The van der Waals surface area contributed by atoms with E-state index in [1.165, 1.54) is 25.9 Å². The molecule has 0 aliphatic rings. The first kappa shape index (κ1) is 22.3. The second kappa shape index (κ2) is 11.0. The van der Waals surface area contributed by atoms with Gasteiger partial charge in [-0.2, -0.15) is 0 Å². The molecule has 0 aliphatic heterocycles. The van der Waals surface area contributed by atoms with Gasteiger partial charge in [0.25, 0.3) is 0 Å². The molecule has 0 heterocycles. The summed E-state index contributed by atoms with van der Waals surface area (Å²) >= 11 is 0. The molecule has 0 aromatic carbocycles. The molecule has 0 radical (unpaired) electrons. The van der Waals surface area contributed by atoms with Crippen molar-refractivity contribution in [2.24, 2.45) is 0 Å². The maximum atomic E-state index is 5.43. The summed E-state index contributed by atoms with van der Waals surface area (Å²) in [6.45, 7) is 19.5. The number of unbranched alkanes of at least 4 members (excludes halogenated alkanes) is 1. The Labute approximate surface area is 142 Å². The molecule has 0 amide bonds. The van der Waals surface area contributed by atoms with E-state index in [4.69, 9.17) is 8.85 Å². The number of hydrogen-bond acceptors (Lipinski definition) is 3. The maximum Gasteiger partial charge on any atom is 0.320 e. The van der Waals surface area contributed by atoms with Crippen molar-refractivity contribution in [2.45, 2.75) is 84.0 Å². The second-order valence-electron chi connectivity index (χ2n) is 7.33. The maximum absolute atomic E-state index is 5.43. The van der Waals surface area contributed by atoms with E-state index < -0.39 is 17.5 Å². The molecule has 134 valence electrons. The lowest BCUT2D eigenvalue weighted by Crippen LogP contribution is -2.60. The molecular formula is C17H41NO2Si2. The third-order valence-corrected chi connectivity index (χ3v) is 14.5. The molecule has 0 spiro atoms. The van der Waals surface area contributed by atoms with Crippen LogP contribution in [0.25, 0.3) is 0 Å². The zero-order chi connectivity index (χ0) is 17.3. The summed E-state index contributed by atoms with van der Waals surface area (Å²) in [5.74, 6) is 0. The van der Waals surface area contributed by atoms with Gasteiger partial charge in [0.1, 0.15) is 8.24 Å². The highest BCUT2D eigenvalue weighted by Gasteiger charge is 2.47. The lowest BCUT2D eigenvalue weighted by Gasteiger charge is -2.51. The van der Waals surface area contributed by atoms with Gasteiger partial charge in [0.05, 0.1) is 0 Å². The first-order chi connectivity index (χ1) is 10.3. The second-order valence-corrected chi connectivity index (χ2v) is 15.6. The minimum atomic E-state index is -1.47. The largest absolute Gasteiger partial charge is 0.400 e. The standard InChI is InChI=1S/C17H41NO2Si2/c1-10-18(13-11-12-14-21(19-8)20-9)22(15(2)3,16(4)5)17(6)7/h15-17,21H,10-14H2,1-9H3. The van der Waals surface area contributed by atoms with Crippen LogP contribution in [0.15, 0.2) is 0 Å². The summed E-state index contributed by atoms with van der Waals surface area (Å²) in [7, 11) is 0.728. The SMILES string of the molecule is CCN(CCCC[SiH](OC)OC)[Si](C(C)C)(C(C)C)C(C)C. The van der Waals surface area contributed by atoms with E-state index in [1.54, 1.807) is 14.2 Å². The predicted molar refractivity (Wildman–Crippen MR) is 104 cm³/mol. The van der Waals surface area contributed by atoms with Crippen molar-refractivity contribution in [2.75, 3.05) is 27.3 Å². The first-order valence-corrected chi connectivity index (χ1v) is 13.0. The Balaban J connectivity index is 4.82. The highest BCUT2D eigenvalue weighted by molar-refractivity contribution is 6.80. The molecule has 5 heteroatoms. The molecule has 3 nitrogen and oxygen atoms in total. The van der Waals surface area contributed by atoms with E-state index in [9.17, 15) is 0 Å². The summed E-state index contributed by atoms with van der Waals surface area (Å²) in [5.41, 5.74) is 2.40. The average Bonchev–Trinajstić information content (AvgIpc) is 2.44. The predicted octanol–water partition coefficient (Wildman–Crippen LogP) is 4.78. The van der Waals surface area contributed by atoms with Crippen LogP contribution in [0.1, 0.15) is 61.3 Å². The van der Waals surface area contributed by atoms with Crippen LogP contribution in [-0.2, 0) is 8.85 Å². The smallest absolute Gasteiger partial charge is 0.320 e. The molecule has 0 aromatic heterocycles. The molecule has 0 atom stereocenters. The van der Waals surface area contributed by atoms with E-state index in [2.05, 4.69) is 53.0 Å². The number of hydrogen-bond donors (Lipinski definition) is 0. The molecule has 0 rings (SSSR count). The number of rotatable bonds is 12. The normalized spacial score (nSPS) is 13.4. The fourth-order valence-corrected chi connectivity index (χ4v) is 13.2. The molecule has 0 saturated heterocycles. The molecule has 0 N–H and O–H groups in total. The first-order valence-electron chi connectivity index (χ1n) is 9.09. The van der Waals surface area contributed by atoms with Crippen molar-refractivity contribution < 1.29 is 8.85 Å². The lowest BCUT2D eigenvalue weighted by molar-refractivity contribution is 0.275. The molecular weight excluding hydrogens is 306 g/mol. The molecule has 0 fully saturated rings. The van der Waals surface area contributed by atoms with Gasteiger partial charge in [-0.05, 0) is 42.2 Å². The Kier molecular flexibility index (Phi) is 11.1. The fourth-order valence-electron chi connectivity index (χ4n) is 4.67. The van der Waals surface area contributed by atoms with Gasteiger partial charge in [0.2, 0.25) is 0 Å². The topological polar surface area (TPSA) is 21.7 Å². The third kappa shape index (κ3) is 5.44. The van der Waals surface area contributed by atoms with Crippen LogP contribution < -0.4 is 0 Å². The van der Waals surface area contributed by atoms with Gasteiger partial charge in [-0.15, -0.1) is 0 Å². The van der Waals surface area contributed by atoms with Gasteiger partial charge in [-0.25, -0.2) is 0 Å². The summed E-state index contributed by atoms with van der Waals surface area (Å²) < 4.78 is 13.7. The van der Waals surface area contributed by atoms with E-state index in [-0.39, 0.29) is 0 Å². The van der Waals surface area contributed by atoms with Crippen molar-refractivity contribution >= 4 is 17.5 Å². The Morgan fingerprint density at radius 1 is 0.864 bits per heavy atom. The summed E-state index contributed by atoms with van der Waals surface area (Å²) in [4.78, 5) is 0. The van der Waals surface area contributed by atoms with Crippen LogP contribution in [0, 0.1) is 0 Å². The van der Waals surface area contributed by atoms with Gasteiger partial charge >= 0.3 is 9.28 Å². The zero-order valence-electron chi connectivity index (χ0n) is 16.6. The Hall–Kier alpha value is 0.314. The summed E-state index contributed by atoms with van der Waals surface area (Å²) in [6, 6.07) is 1.13. The van der Waals surface area contributed by atoms with Gasteiger partial charge in [0.15, 0.2) is 0 Å². The Morgan fingerprint density at radius 3 is 1.64 bits per heavy atom. The minimum absolute atomic E-state index is 0.799. The molecule has 0 saturated carbocycles. The van der Waals surface area contributed by atoms with Gasteiger partial charge in [-0.3, -0.25) is 0 Å². The van der Waals surface area contributed by atoms with E-state index in [0.29, 0.717) is 0 Å². The Bertz CT molecular complexity index is 260. The highest BCUT2D eigenvalue weighted by atomic mass is 28.3. The summed E-state index contributed by atoms with van der Waals surface area (Å²) in [6.07, 6.45) is 2.50. The van der Waals surface area contributed by atoms with Gasteiger partial charge in [0, 0.05) is 14.2 Å². The van der Waals surface area contributed by atoms with Crippen LogP contribution in [0.3, 0.4) is 0 Å². The monoisotopic (exact) mass is 347 g/mol. The molecule has 0 bridgehead atoms. The summed E-state index contributed by atoms with van der Waals surface area (Å²) in [5, 5.41) is 0. The van der Waals surface area contributed by atoms with Crippen LogP contribution in [0.2, 0.25) is 22.7 Å². The van der Waals surface area contributed by atoms with Gasteiger partial charge < -0.3 is 13.4 Å². The van der Waals surface area contributed by atoms with E-state index in [0.717, 1.165) is 22.7 Å².